The molecule has 0 radical (unpaired) electrons. The molecule has 0 spiro atoms. The van der Waals surface area contributed by atoms with E-state index in [0.29, 0.717) is 0 Å². The maximum atomic E-state index is 13.2. The first kappa shape index (κ1) is 16.7. The van der Waals surface area contributed by atoms with Crippen LogP contribution in [-0.2, 0) is 9.59 Å². The normalized spacial score (nSPS) is 11.9. The molecular formula is C11H8F5NO4. The molecule has 0 aromatic heterocycles. The molecule has 2 N–H and O–H groups in total. The van der Waals surface area contributed by atoms with Crippen LogP contribution >= 0.6 is 0 Å². The number of ether oxygens (including phenoxy) is 1. The van der Waals surface area contributed by atoms with Crippen LogP contribution in [0.25, 0.3) is 0 Å². The maximum Gasteiger partial charge on any atom is 0.329 e. The summed E-state index contributed by atoms with van der Waals surface area (Å²) in [4.78, 5) is 21.4. The minimum atomic E-state index is -2.37. The third-order valence-electron chi connectivity index (χ3n) is 2.24. The number of carbonyl (C=O) groups is 2. The molecule has 0 aliphatic rings. The third kappa shape index (κ3) is 3.58. The predicted molar refractivity (Wildman–Crippen MR) is 57.0 cm³/mol. The Hall–Kier alpha value is -2.39. The van der Waals surface area contributed by atoms with Gasteiger partial charge in [0, 0.05) is 6.92 Å². The summed E-state index contributed by atoms with van der Waals surface area (Å²) in [5.41, 5.74) is 0. The van der Waals surface area contributed by atoms with Gasteiger partial charge in [-0.25, -0.2) is 18.0 Å². The van der Waals surface area contributed by atoms with Crippen LogP contribution in [0.1, 0.15) is 6.92 Å². The zero-order valence-corrected chi connectivity index (χ0v) is 10.3. The summed E-state index contributed by atoms with van der Waals surface area (Å²) in [6.45, 7) is -0.0679. The van der Waals surface area contributed by atoms with Crippen molar-refractivity contribution in [2.45, 2.75) is 13.0 Å². The van der Waals surface area contributed by atoms with E-state index in [-0.39, 0.29) is 0 Å². The average molecular weight is 313 g/mol. The fraction of sp³-hybridized carbons (Fsp3) is 0.273. The van der Waals surface area contributed by atoms with Crippen LogP contribution in [-0.4, -0.2) is 29.6 Å². The van der Waals surface area contributed by atoms with Crippen molar-refractivity contribution < 1.29 is 41.4 Å². The molecule has 5 nitrogen and oxygen atoms in total. The third-order valence-corrected chi connectivity index (χ3v) is 2.24. The van der Waals surface area contributed by atoms with Crippen LogP contribution < -0.4 is 10.1 Å². The molecule has 0 fully saturated rings. The first-order chi connectivity index (χ1) is 9.66. The van der Waals surface area contributed by atoms with Gasteiger partial charge in [0.05, 0.1) is 0 Å². The summed E-state index contributed by atoms with van der Waals surface area (Å²) < 4.78 is 69.3. The smallest absolute Gasteiger partial charge is 0.329 e. The van der Waals surface area contributed by atoms with Gasteiger partial charge >= 0.3 is 5.97 Å². The lowest BCUT2D eigenvalue weighted by molar-refractivity contribution is -0.142. The van der Waals surface area contributed by atoms with Crippen molar-refractivity contribution in [2.75, 3.05) is 6.61 Å². The Balaban J connectivity index is 3.03. The van der Waals surface area contributed by atoms with Crippen LogP contribution in [0.5, 0.6) is 5.75 Å². The van der Waals surface area contributed by atoms with Gasteiger partial charge < -0.3 is 15.2 Å². The molecule has 0 saturated heterocycles. The highest BCUT2D eigenvalue weighted by Gasteiger charge is 2.28. The van der Waals surface area contributed by atoms with E-state index >= 15 is 0 Å². The molecule has 1 unspecified atom stereocenters. The molecule has 116 valence electrons. The highest BCUT2D eigenvalue weighted by molar-refractivity contribution is 5.82. The summed E-state index contributed by atoms with van der Waals surface area (Å²) in [7, 11) is 0. The Kier molecular flexibility index (Phi) is 5.06. The predicted octanol–water partition coefficient (Wildman–Crippen LogP) is 1.35. The van der Waals surface area contributed by atoms with E-state index in [4.69, 9.17) is 5.11 Å². The van der Waals surface area contributed by atoms with Crippen molar-refractivity contribution in [3.63, 3.8) is 0 Å². The lowest BCUT2D eigenvalue weighted by atomic mass is 10.2. The highest BCUT2D eigenvalue weighted by Crippen LogP contribution is 2.29. The molecule has 1 amide bonds. The van der Waals surface area contributed by atoms with Crippen molar-refractivity contribution in [2.24, 2.45) is 0 Å². The molecule has 1 aromatic carbocycles. The van der Waals surface area contributed by atoms with Gasteiger partial charge in [0.1, 0.15) is 6.61 Å². The second kappa shape index (κ2) is 6.37. The Bertz CT molecular complexity index is 563. The van der Waals surface area contributed by atoms with E-state index in [1.54, 1.807) is 0 Å². The molecule has 1 atom stereocenters. The van der Waals surface area contributed by atoms with Gasteiger partial charge in [-0.05, 0) is 0 Å². The number of carboxylic acid groups (broad SMARTS) is 1. The molecule has 1 aromatic rings. The standard InChI is InChI=1S/C11H8F5NO4/c1-3(18)17-4(11(19)20)2-21-10-8(15)6(13)5(12)7(14)9(10)16/h4H,2H2,1H3,(H,17,18)(H,19,20). The molecule has 10 heteroatoms. The minimum Gasteiger partial charge on any atom is -0.485 e. The zero-order chi connectivity index (χ0) is 16.3. The summed E-state index contributed by atoms with van der Waals surface area (Å²) in [6.07, 6.45) is 0. The van der Waals surface area contributed by atoms with Gasteiger partial charge in [-0.15, -0.1) is 0 Å². The number of carbonyl (C=O) groups excluding carboxylic acids is 1. The van der Waals surface area contributed by atoms with E-state index in [9.17, 15) is 31.5 Å². The van der Waals surface area contributed by atoms with Gasteiger partial charge in [0.2, 0.25) is 35.0 Å². The fourth-order valence-corrected chi connectivity index (χ4v) is 1.30. The van der Waals surface area contributed by atoms with E-state index in [0.717, 1.165) is 6.92 Å². The number of benzene rings is 1. The van der Waals surface area contributed by atoms with Gasteiger partial charge in [-0.1, -0.05) is 0 Å². The van der Waals surface area contributed by atoms with E-state index in [2.05, 4.69) is 4.74 Å². The SMILES string of the molecule is CC(=O)NC(COc1c(F)c(F)c(F)c(F)c1F)C(=O)O. The van der Waals surface area contributed by atoms with Crippen molar-refractivity contribution in [1.29, 1.82) is 0 Å². The number of nitrogens with one attached hydrogen (secondary N) is 1. The number of carboxylic acids is 1. The summed E-state index contributed by atoms with van der Waals surface area (Å²) in [5, 5.41) is 10.6. The van der Waals surface area contributed by atoms with Gasteiger partial charge in [0.25, 0.3) is 0 Å². The largest absolute Gasteiger partial charge is 0.485 e. The minimum absolute atomic E-state index is 0.789. The monoisotopic (exact) mass is 313 g/mol. The average Bonchev–Trinajstić information content (AvgIpc) is 2.41. The van der Waals surface area contributed by atoms with Crippen LogP contribution in [0.3, 0.4) is 0 Å². The van der Waals surface area contributed by atoms with Gasteiger partial charge in [-0.3, -0.25) is 4.79 Å². The number of halogens is 5. The summed E-state index contributed by atoms with van der Waals surface area (Å²) in [5.74, 6) is -15.3. The first-order valence-corrected chi connectivity index (χ1v) is 5.31. The molecule has 0 bridgehead atoms. The quantitative estimate of drug-likeness (QED) is 0.489. The maximum absolute atomic E-state index is 13.2. The van der Waals surface area contributed by atoms with Crippen LogP contribution in [0.2, 0.25) is 0 Å². The Morgan fingerprint density at radius 3 is 1.86 bits per heavy atom. The molecular weight excluding hydrogens is 305 g/mol. The van der Waals surface area contributed by atoms with E-state index in [1.807, 2.05) is 5.32 Å². The lowest BCUT2D eigenvalue weighted by Crippen LogP contribution is -2.44. The fourth-order valence-electron chi connectivity index (χ4n) is 1.30. The number of hydrogen-bond donors (Lipinski definition) is 2. The lowest BCUT2D eigenvalue weighted by Gasteiger charge is -2.15. The Morgan fingerprint density at radius 2 is 1.48 bits per heavy atom. The van der Waals surface area contributed by atoms with E-state index in [1.165, 1.54) is 0 Å². The Morgan fingerprint density at radius 1 is 1.05 bits per heavy atom. The topological polar surface area (TPSA) is 75.6 Å². The number of hydrogen-bond acceptors (Lipinski definition) is 3. The Labute approximate surface area is 114 Å². The summed E-state index contributed by atoms with van der Waals surface area (Å²) in [6, 6.07) is -1.72. The van der Waals surface area contributed by atoms with E-state index < -0.39 is 59.4 Å². The van der Waals surface area contributed by atoms with Crippen molar-refractivity contribution in [3.8, 4) is 5.75 Å². The number of amides is 1. The molecule has 1 rings (SSSR count). The molecule has 0 aliphatic carbocycles. The molecule has 0 heterocycles. The molecule has 0 saturated carbocycles. The highest BCUT2D eigenvalue weighted by atomic mass is 19.2. The second-order valence-corrected chi connectivity index (χ2v) is 3.80. The molecule has 21 heavy (non-hydrogen) atoms. The zero-order valence-electron chi connectivity index (χ0n) is 10.3. The van der Waals surface area contributed by atoms with Crippen LogP contribution in [0.15, 0.2) is 0 Å². The van der Waals surface area contributed by atoms with Crippen molar-refractivity contribution in [1.82, 2.24) is 5.32 Å². The van der Waals surface area contributed by atoms with Crippen molar-refractivity contribution >= 4 is 11.9 Å². The number of aliphatic carboxylic acids is 1. The molecule has 0 aliphatic heterocycles. The van der Waals surface area contributed by atoms with Crippen molar-refractivity contribution in [3.05, 3.63) is 29.1 Å². The summed E-state index contributed by atoms with van der Waals surface area (Å²) >= 11 is 0. The van der Waals surface area contributed by atoms with Crippen LogP contribution in [0.4, 0.5) is 22.0 Å². The van der Waals surface area contributed by atoms with Gasteiger partial charge in [-0.2, -0.15) is 8.78 Å². The van der Waals surface area contributed by atoms with Crippen LogP contribution in [0, 0.1) is 29.1 Å². The first-order valence-electron chi connectivity index (χ1n) is 5.31. The van der Waals surface area contributed by atoms with Gasteiger partial charge in [0.15, 0.2) is 11.8 Å². The second-order valence-electron chi connectivity index (χ2n) is 3.80. The number of rotatable bonds is 5.